The highest BCUT2D eigenvalue weighted by Crippen LogP contribution is 2.37. The van der Waals surface area contributed by atoms with Gasteiger partial charge >= 0.3 is 0 Å². The van der Waals surface area contributed by atoms with E-state index in [9.17, 15) is 5.26 Å². The Morgan fingerprint density at radius 1 is 1.17 bits per heavy atom. The summed E-state index contributed by atoms with van der Waals surface area (Å²) in [6, 6.07) is 13.7. The first-order chi connectivity index (χ1) is 14.7. The molecular formula is C22H23N5O3. The molecule has 1 aliphatic rings. The molecule has 0 amide bonds. The summed E-state index contributed by atoms with van der Waals surface area (Å²) in [5.74, 6) is 0.867. The van der Waals surface area contributed by atoms with E-state index in [1.807, 2.05) is 18.2 Å². The van der Waals surface area contributed by atoms with E-state index in [1.165, 1.54) is 11.1 Å². The van der Waals surface area contributed by atoms with Crippen LogP contribution >= 0.6 is 0 Å². The Balaban J connectivity index is 1.62. The van der Waals surface area contributed by atoms with Crippen molar-refractivity contribution in [2.24, 2.45) is 0 Å². The fourth-order valence-corrected chi connectivity index (χ4v) is 3.88. The van der Waals surface area contributed by atoms with E-state index in [4.69, 9.17) is 14.7 Å². The van der Waals surface area contributed by atoms with E-state index in [-0.39, 0.29) is 19.3 Å². The van der Waals surface area contributed by atoms with Crippen LogP contribution in [0.3, 0.4) is 0 Å². The topological polar surface area (TPSA) is 127 Å². The van der Waals surface area contributed by atoms with Crippen molar-refractivity contribution in [3.05, 3.63) is 53.1 Å². The number of nitrogens with one attached hydrogen (secondary N) is 2. The van der Waals surface area contributed by atoms with Crippen LogP contribution in [0, 0.1) is 11.3 Å². The second-order valence-corrected chi connectivity index (χ2v) is 7.09. The summed E-state index contributed by atoms with van der Waals surface area (Å²) in [7, 11) is 0. The Bertz CT molecular complexity index is 1070. The van der Waals surface area contributed by atoms with Gasteiger partial charge in [-0.25, -0.2) is 0 Å². The van der Waals surface area contributed by atoms with Crippen molar-refractivity contribution in [2.45, 2.75) is 18.9 Å². The fourth-order valence-electron chi connectivity index (χ4n) is 3.88. The van der Waals surface area contributed by atoms with Crippen molar-refractivity contribution in [3.63, 3.8) is 0 Å². The van der Waals surface area contributed by atoms with Crippen molar-refractivity contribution in [2.75, 3.05) is 31.6 Å². The first kappa shape index (κ1) is 20.0. The standard InChI is InChI=1S/C22H23N5O3/c23-13-15-12-14(4-6-19(15)24-8-10-28)22-26-21(27-30-22)18-3-1-2-17-16(18)5-7-20(17)25-9-11-29/h1-4,6,12,20,24-25,28-29H,5,7-11H2/t20-/m0/s1. The van der Waals surface area contributed by atoms with Crippen LogP contribution in [-0.2, 0) is 6.42 Å². The van der Waals surface area contributed by atoms with Crippen LogP contribution in [0.5, 0.6) is 0 Å². The van der Waals surface area contributed by atoms with Crippen LogP contribution in [0.2, 0.25) is 0 Å². The van der Waals surface area contributed by atoms with Gasteiger partial charge in [-0.15, -0.1) is 0 Å². The molecule has 4 N–H and O–H groups in total. The van der Waals surface area contributed by atoms with Gasteiger partial charge in [-0.05, 0) is 42.2 Å². The highest BCUT2D eigenvalue weighted by Gasteiger charge is 2.26. The summed E-state index contributed by atoms with van der Waals surface area (Å²) in [6.07, 6.45) is 1.87. The van der Waals surface area contributed by atoms with Gasteiger partial charge in [-0.2, -0.15) is 10.2 Å². The second-order valence-electron chi connectivity index (χ2n) is 7.09. The second kappa shape index (κ2) is 9.05. The summed E-state index contributed by atoms with van der Waals surface area (Å²) >= 11 is 0. The molecule has 8 heteroatoms. The smallest absolute Gasteiger partial charge is 0.258 e. The summed E-state index contributed by atoms with van der Waals surface area (Å²) in [5.41, 5.74) is 5.10. The van der Waals surface area contributed by atoms with E-state index >= 15 is 0 Å². The molecule has 1 atom stereocenters. The molecular weight excluding hydrogens is 382 g/mol. The lowest BCUT2D eigenvalue weighted by Crippen LogP contribution is -2.22. The number of fused-ring (bicyclic) bond motifs is 1. The van der Waals surface area contributed by atoms with Crippen molar-refractivity contribution < 1.29 is 14.7 Å². The number of nitrogens with zero attached hydrogens (tertiary/aromatic N) is 3. The Morgan fingerprint density at radius 3 is 2.83 bits per heavy atom. The molecule has 0 radical (unpaired) electrons. The molecule has 0 aliphatic heterocycles. The maximum Gasteiger partial charge on any atom is 0.258 e. The average molecular weight is 405 g/mol. The predicted octanol–water partition coefficient (Wildman–Crippen LogP) is 2.25. The van der Waals surface area contributed by atoms with E-state index < -0.39 is 0 Å². The monoisotopic (exact) mass is 405 g/mol. The molecule has 30 heavy (non-hydrogen) atoms. The molecule has 1 aliphatic carbocycles. The zero-order chi connectivity index (χ0) is 20.9. The van der Waals surface area contributed by atoms with Crippen LogP contribution in [0.1, 0.15) is 29.2 Å². The van der Waals surface area contributed by atoms with Gasteiger partial charge in [0.15, 0.2) is 0 Å². The third kappa shape index (κ3) is 3.91. The third-order valence-electron chi connectivity index (χ3n) is 5.25. The Kier molecular flexibility index (Phi) is 6.05. The van der Waals surface area contributed by atoms with E-state index in [0.717, 1.165) is 18.4 Å². The highest BCUT2D eigenvalue weighted by atomic mass is 16.5. The van der Waals surface area contributed by atoms with E-state index in [2.05, 4.69) is 32.9 Å². The van der Waals surface area contributed by atoms with Crippen LogP contribution in [0.4, 0.5) is 5.69 Å². The zero-order valence-electron chi connectivity index (χ0n) is 16.4. The van der Waals surface area contributed by atoms with Crippen LogP contribution in [-0.4, -0.2) is 46.7 Å². The first-order valence-corrected chi connectivity index (χ1v) is 9.94. The molecule has 4 rings (SSSR count). The molecule has 1 heterocycles. The van der Waals surface area contributed by atoms with Gasteiger partial charge in [0.05, 0.1) is 24.5 Å². The minimum Gasteiger partial charge on any atom is -0.395 e. The van der Waals surface area contributed by atoms with Gasteiger partial charge in [-0.1, -0.05) is 23.4 Å². The predicted molar refractivity (Wildman–Crippen MR) is 112 cm³/mol. The van der Waals surface area contributed by atoms with Crippen molar-refractivity contribution in [3.8, 4) is 28.9 Å². The number of aromatic nitrogens is 2. The minimum atomic E-state index is -0.0165. The maximum atomic E-state index is 9.42. The minimum absolute atomic E-state index is 0.0165. The maximum absolute atomic E-state index is 9.42. The first-order valence-electron chi connectivity index (χ1n) is 9.94. The number of rotatable bonds is 8. The van der Waals surface area contributed by atoms with E-state index in [0.29, 0.717) is 41.6 Å². The Morgan fingerprint density at radius 2 is 2.03 bits per heavy atom. The molecule has 1 aromatic heterocycles. The van der Waals surface area contributed by atoms with Gasteiger partial charge in [0.1, 0.15) is 6.07 Å². The number of aliphatic hydroxyl groups excluding tert-OH is 2. The summed E-state index contributed by atoms with van der Waals surface area (Å²) in [4.78, 5) is 4.57. The van der Waals surface area contributed by atoms with Gasteiger partial charge in [-0.3, -0.25) is 0 Å². The van der Waals surface area contributed by atoms with Crippen LogP contribution in [0.25, 0.3) is 22.8 Å². The van der Waals surface area contributed by atoms with Crippen LogP contribution < -0.4 is 10.6 Å². The third-order valence-corrected chi connectivity index (χ3v) is 5.25. The number of anilines is 1. The molecule has 0 saturated heterocycles. The fraction of sp³-hybridized carbons (Fsp3) is 0.318. The molecule has 0 unspecified atom stereocenters. The Labute approximate surface area is 174 Å². The van der Waals surface area contributed by atoms with Crippen molar-refractivity contribution >= 4 is 5.69 Å². The average Bonchev–Trinajstić information content (AvgIpc) is 3.43. The molecule has 2 aromatic carbocycles. The highest BCUT2D eigenvalue weighted by molar-refractivity contribution is 5.69. The van der Waals surface area contributed by atoms with Crippen molar-refractivity contribution in [1.29, 1.82) is 5.26 Å². The summed E-state index contributed by atoms with van der Waals surface area (Å²) < 4.78 is 5.50. The van der Waals surface area contributed by atoms with Gasteiger partial charge in [0, 0.05) is 30.3 Å². The molecule has 154 valence electrons. The lowest BCUT2D eigenvalue weighted by atomic mass is 10.0. The molecule has 0 bridgehead atoms. The molecule has 0 fully saturated rings. The molecule has 8 nitrogen and oxygen atoms in total. The lowest BCUT2D eigenvalue weighted by Gasteiger charge is -2.13. The van der Waals surface area contributed by atoms with Crippen LogP contribution in [0.15, 0.2) is 40.9 Å². The lowest BCUT2D eigenvalue weighted by molar-refractivity contribution is 0.284. The molecule has 0 saturated carbocycles. The van der Waals surface area contributed by atoms with E-state index in [1.54, 1.807) is 12.1 Å². The number of aliphatic hydroxyl groups is 2. The zero-order valence-corrected chi connectivity index (χ0v) is 16.4. The summed E-state index contributed by atoms with van der Waals surface area (Å²) in [5, 5.41) is 38.0. The van der Waals surface area contributed by atoms with Gasteiger partial charge in [0.25, 0.3) is 5.89 Å². The Hall–Kier alpha value is -3.25. The number of hydrogen-bond acceptors (Lipinski definition) is 8. The van der Waals surface area contributed by atoms with Gasteiger partial charge < -0.3 is 25.4 Å². The number of benzene rings is 2. The van der Waals surface area contributed by atoms with Gasteiger partial charge in [0.2, 0.25) is 5.82 Å². The molecule has 0 spiro atoms. The molecule has 3 aromatic rings. The normalized spacial score (nSPS) is 15.0. The summed E-state index contributed by atoms with van der Waals surface area (Å²) in [6.45, 7) is 1.02. The quantitative estimate of drug-likeness (QED) is 0.449. The van der Waals surface area contributed by atoms with Crippen molar-refractivity contribution in [1.82, 2.24) is 15.5 Å². The largest absolute Gasteiger partial charge is 0.395 e. The number of hydrogen-bond donors (Lipinski definition) is 4. The number of nitriles is 1. The SMILES string of the molecule is N#Cc1cc(-c2nc(-c3cccc4c3CC[C@@H]4NCCO)no2)ccc1NCCO.